The summed E-state index contributed by atoms with van der Waals surface area (Å²) in [7, 11) is 0. The molecule has 1 aliphatic heterocycles. The van der Waals surface area contributed by atoms with Crippen LogP contribution in [-0.4, -0.2) is 43.1 Å². The van der Waals surface area contributed by atoms with E-state index in [4.69, 9.17) is 4.74 Å². The molecule has 0 bridgehead atoms. The van der Waals surface area contributed by atoms with E-state index in [0.717, 1.165) is 31.7 Å². The second-order valence-electron chi connectivity index (χ2n) is 4.97. The van der Waals surface area contributed by atoms with Crippen molar-refractivity contribution in [3.05, 3.63) is 24.4 Å². The highest BCUT2D eigenvalue weighted by molar-refractivity contribution is 5.83. The number of carbonyl (C=O) groups is 2. The van der Waals surface area contributed by atoms with E-state index < -0.39 is 5.97 Å². The lowest BCUT2D eigenvalue weighted by Gasteiger charge is -2.32. The molecular weight excluding hydrogens is 270 g/mol. The first-order chi connectivity index (χ1) is 10.2. The summed E-state index contributed by atoms with van der Waals surface area (Å²) < 4.78 is 4.78. The molecule has 0 unspecified atom stereocenters. The minimum atomic E-state index is -0.392. The van der Waals surface area contributed by atoms with Gasteiger partial charge in [-0.3, -0.25) is 9.59 Å². The van der Waals surface area contributed by atoms with Gasteiger partial charge in [0.2, 0.25) is 5.91 Å². The highest BCUT2D eigenvalue weighted by atomic mass is 16.5. The van der Waals surface area contributed by atoms with Crippen molar-refractivity contribution in [3.63, 3.8) is 0 Å². The summed E-state index contributed by atoms with van der Waals surface area (Å²) in [4.78, 5) is 29.7. The largest absolute Gasteiger partial charge is 0.465 e. The smallest absolute Gasteiger partial charge is 0.325 e. The Kier molecular flexibility index (Phi) is 5.54. The molecule has 2 heterocycles. The molecule has 2 rings (SSSR count). The molecule has 6 nitrogen and oxygen atoms in total. The van der Waals surface area contributed by atoms with Crippen LogP contribution in [0.15, 0.2) is 24.4 Å². The predicted molar refractivity (Wildman–Crippen MR) is 78.8 cm³/mol. The van der Waals surface area contributed by atoms with E-state index in [2.05, 4.69) is 15.2 Å². The van der Waals surface area contributed by atoms with Crippen molar-refractivity contribution in [3.8, 4) is 0 Å². The zero-order valence-corrected chi connectivity index (χ0v) is 12.2. The maximum atomic E-state index is 12.0. The van der Waals surface area contributed by atoms with Crippen molar-refractivity contribution < 1.29 is 14.3 Å². The number of nitrogens with zero attached hydrogens (tertiary/aromatic N) is 2. The molecule has 1 aliphatic rings. The van der Waals surface area contributed by atoms with Crippen molar-refractivity contribution >= 4 is 17.7 Å². The number of aromatic nitrogens is 1. The highest BCUT2D eigenvalue weighted by Crippen LogP contribution is 2.21. The summed E-state index contributed by atoms with van der Waals surface area (Å²) in [6, 6.07) is 5.82. The molecule has 0 aliphatic carbocycles. The molecule has 1 saturated heterocycles. The summed E-state index contributed by atoms with van der Waals surface area (Å²) in [6.45, 7) is 3.63. The molecule has 0 atom stereocenters. The lowest BCUT2D eigenvalue weighted by atomic mass is 9.96. The van der Waals surface area contributed by atoms with Gasteiger partial charge in [0.15, 0.2) is 0 Å². The topological polar surface area (TPSA) is 71.5 Å². The number of rotatable bonds is 5. The van der Waals surface area contributed by atoms with Crippen LogP contribution >= 0.6 is 0 Å². The number of ether oxygens (including phenoxy) is 1. The maximum absolute atomic E-state index is 12.0. The Balaban J connectivity index is 1.76. The first-order valence-corrected chi connectivity index (χ1v) is 7.30. The number of hydrogen-bond acceptors (Lipinski definition) is 5. The molecule has 1 aromatic rings. The van der Waals surface area contributed by atoms with Crippen molar-refractivity contribution in [2.24, 2.45) is 5.92 Å². The first-order valence-electron chi connectivity index (χ1n) is 7.30. The monoisotopic (exact) mass is 291 g/mol. The summed E-state index contributed by atoms with van der Waals surface area (Å²) in [5.74, 6) is 0.447. The quantitative estimate of drug-likeness (QED) is 0.819. The van der Waals surface area contributed by atoms with Gasteiger partial charge in [-0.05, 0) is 31.9 Å². The van der Waals surface area contributed by atoms with E-state index in [-0.39, 0.29) is 18.4 Å². The summed E-state index contributed by atoms with van der Waals surface area (Å²) in [5, 5.41) is 2.64. The molecule has 1 amide bonds. The van der Waals surface area contributed by atoms with Gasteiger partial charge in [-0.15, -0.1) is 0 Å². The van der Waals surface area contributed by atoms with Gasteiger partial charge in [-0.25, -0.2) is 4.98 Å². The number of hydrogen-bond donors (Lipinski definition) is 1. The third-order valence-corrected chi connectivity index (χ3v) is 3.55. The van der Waals surface area contributed by atoms with Crippen LogP contribution in [0.25, 0.3) is 0 Å². The van der Waals surface area contributed by atoms with Gasteiger partial charge < -0.3 is 15.0 Å². The van der Waals surface area contributed by atoms with Crippen LogP contribution in [0.5, 0.6) is 0 Å². The zero-order chi connectivity index (χ0) is 15.1. The van der Waals surface area contributed by atoms with Gasteiger partial charge >= 0.3 is 5.97 Å². The Bertz CT molecular complexity index is 470. The molecule has 0 saturated carbocycles. The van der Waals surface area contributed by atoms with Crippen molar-refractivity contribution in [2.45, 2.75) is 19.8 Å². The number of amides is 1. The molecule has 1 aromatic heterocycles. The van der Waals surface area contributed by atoms with Crippen LogP contribution in [0.2, 0.25) is 0 Å². The summed E-state index contributed by atoms with van der Waals surface area (Å²) in [5.41, 5.74) is 0. The van der Waals surface area contributed by atoms with Gasteiger partial charge in [0, 0.05) is 25.2 Å². The minimum Gasteiger partial charge on any atom is -0.465 e. The van der Waals surface area contributed by atoms with Crippen LogP contribution in [0.4, 0.5) is 5.82 Å². The Morgan fingerprint density at radius 3 is 2.76 bits per heavy atom. The van der Waals surface area contributed by atoms with Gasteiger partial charge in [-0.1, -0.05) is 6.07 Å². The Labute approximate surface area is 124 Å². The number of nitrogens with one attached hydrogen (secondary N) is 1. The number of pyridine rings is 1. The lowest BCUT2D eigenvalue weighted by molar-refractivity contribution is -0.143. The zero-order valence-electron chi connectivity index (χ0n) is 12.2. The third-order valence-electron chi connectivity index (χ3n) is 3.55. The molecular formula is C15H21N3O3. The van der Waals surface area contributed by atoms with Gasteiger partial charge in [0.05, 0.1) is 6.61 Å². The van der Waals surface area contributed by atoms with Crippen LogP contribution in [0.1, 0.15) is 19.8 Å². The predicted octanol–water partition coefficient (Wildman–Crippen LogP) is 0.977. The van der Waals surface area contributed by atoms with Crippen molar-refractivity contribution in [1.82, 2.24) is 10.3 Å². The standard InChI is InChI=1S/C15H21N3O3/c1-2-21-14(19)11-17-15(20)12-6-9-18(10-7-12)13-5-3-4-8-16-13/h3-5,8,12H,2,6-7,9-11H2,1H3,(H,17,20). The van der Waals surface area contributed by atoms with E-state index in [9.17, 15) is 9.59 Å². The van der Waals surface area contributed by atoms with Crippen molar-refractivity contribution in [1.29, 1.82) is 0 Å². The van der Waals surface area contributed by atoms with Crippen LogP contribution in [-0.2, 0) is 14.3 Å². The normalized spacial score (nSPS) is 15.6. The maximum Gasteiger partial charge on any atom is 0.325 e. The number of carbonyl (C=O) groups excluding carboxylic acids is 2. The lowest BCUT2D eigenvalue weighted by Crippen LogP contribution is -2.42. The molecule has 0 spiro atoms. The van der Waals surface area contributed by atoms with Crippen LogP contribution < -0.4 is 10.2 Å². The fraction of sp³-hybridized carbons (Fsp3) is 0.533. The highest BCUT2D eigenvalue weighted by Gasteiger charge is 2.25. The fourth-order valence-electron chi connectivity index (χ4n) is 2.43. The van der Waals surface area contributed by atoms with Crippen LogP contribution in [0, 0.1) is 5.92 Å². The SMILES string of the molecule is CCOC(=O)CNC(=O)C1CCN(c2ccccn2)CC1. The molecule has 0 radical (unpaired) electrons. The first kappa shape index (κ1) is 15.3. The Morgan fingerprint density at radius 2 is 2.14 bits per heavy atom. The van der Waals surface area contributed by atoms with E-state index in [1.165, 1.54) is 0 Å². The van der Waals surface area contributed by atoms with Gasteiger partial charge in [0.25, 0.3) is 0 Å². The second kappa shape index (κ2) is 7.61. The van der Waals surface area contributed by atoms with E-state index >= 15 is 0 Å². The van der Waals surface area contributed by atoms with E-state index in [1.807, 2.05) is 18.2 Å². The van der Waals surface area contributed by atoms with E-state index in [1.54, 1.807) is 13.1 Å². The minimum absolute atomic E-state index is 0.0422. The Hall–Kier alpha value is -2.11. The average molecular weight is 291 g/mol. The molecule has 21 heavy (non-hydrogen) atoms. The van der Waals surface area contributed by atoms with Gasteiger partial charge in [-0.2, -0.15) is 0 Å². The second-order valence-corrected chi connectivity index (χ2v) is 4.97. The third kappa shape index (κ3) is 4.44. The van der Waals surface area contributed by atoms with Crippen LogP contribution in [0.3, 0.4) is 0 Å². The van der Waals surface area contributed by atoms with E-state index in [0.29, 0.717) is 6.61 Å². The number of piperidine rings is 1. The molecule has 6 heteroatoms. The molecule has 1 fully saturated rings. The number of anilines is 1. The molecule has 0 aromatic carbocycles. The Morgan fingerprint density at radius 1 is 1.38 bits per heavy atom. The number of esters is 1. The van der Waals surface area contributed by atoms with Crippen molar-refractivity contribution in [2.75, 3.05) is 31.1 Å². The average Bonchev–Trinajstić information content (AvgIpc) is 2.54. The van der Waals surface area contributed by atoms with Gasteiger partial charge in [0.1, 0.15) is 12.4 Å². The summed E-state index contributed by atoms with van der Waals surface area (Å²) >= 11 is 0. The summed E-state index contributed by atoms with van der Waals surface area (Å²) in [6.07, 6.45) is 3.31. The molecule has 1 N–H and O–H groups in total. The molecule has 114 valence electrons. The fourth-order valence-corrected chi connectivity index (χ4v) is 2.43.